The molecule has 0 unspecified atom stereocenters. The predicted molar refractivity (Wildman–Crippen MR) is 189 cm³/mol. The lowest BCUT2D eigenvalue weighted by atomic mass is 9.97. The molecular weight excluding hydrogens is 661 g/mol. The van der Waals surface area contributed by atoms with Gasteiger partial charge in [-0.3, -0.25) is 19.6 Å². The second-order valence-electron chi connectivity index (χ2n) is 12.4. The van der Waals surface area contributed by atoms with Gasteiger partial charge in [0.1, 0.15) is 27.9 Å². The number of amides is 2. The molecule has 2 N–H and O–H groups in total. The van der Waals surface area contributed by atoms with Crippen molar-refractivity contribution in [1.29, 1.82) is 0 Å². The molecular formula is C36H35F2N9O2S. The van der Waals surface area contributed by atoms with E-state index in [2.05, 4.69) is 35.5 Å². The Balaban J connectivity index is 0.981. The van der Waals surface area contributed by atoms with Crippen molar-refractivity contribution in [3.8, 4) is 22.8 Å². The maximum absolute atomic E-state index is 15.1. The molecule has 0 bridgehead atoms. The minimum absolute atomic E-state index is 0.00197. The molecule has 3 aromatic heterocycles. The fraction of sp³-hybridized carbons (Fsp3) is 0.306. The van der Waals surface area contributed by atoms with E-state index in [1.165, 1.54) is 30.2 Å². The zero-order valence-corrected chi connectivity index (χ0v) is 28.4. The minimum atomic E-state index is -0.731. The predicted octanol–water partition coefficient (Wildman–Crippen LogP) is 5.38. The molecule has 1 atom stereocenters. The van der Waals surface area contributed by atoms with Crippen LogP contribution in [0.25, 0.3) is 39.3 Å². The number of carbonyl (C=O) groups is 2. The third kappa shape index (κ3) is 6.60. The van der Waals surface area contributed by atoms with Crippen molar-refractivity contribution < 1.29 is 18.4 Å². The number of halogens is 2. The number of aromatic nitrogens is 6. The normalized spacial score (nSPS) is 18.0. The van der Waals surface area contributed by atoms with E-state index in [0.717, 1.165) is 22.8 Å². The number of carbonyl (C=O) groups excluding carboxylic acids is 2. The molecule has 11 nitrogen and oxygen atoms in total. The van der Waals surface area contributed by atoms with Crippen LogP contribution in [0.5, 0.6) is 0 Å². The summed E-state index contributed by atoms with van der Waals surface area (Å²) in [6.45, 7) is 3.84. The molecule has 2 aromatic carbocycles. The summed E-state index contributed by atoms with van der Waals surface area (Å²) in [4.78, 5) is 47.8. The van der Waals surface area contributed by atoms with Crippen LogP contribution in [0.15, 0.2) is 67.1 Å². The zero-order valence-electron chi connectivity index (χ0n) is 27.6. The maximum Gasteiger partial charge on any atom is 0.241 e. The van der Waals surface area contributed by atoms with Gasteiger partial charge in [0, 0.05) is 67.8 Å². The number of hydrogen-bond donors (Lipinski definition) is 2. The summed E-state index contributed by atoms with van der Waals surface area (Å²) in [5, 5.41) is 11.5. The first-order chi connectivity index (χ1) is 24.3. The van der Waals surface area contributed by atoms with Crippen LogP contribution >= 0.6 is 11.8 Å². The van der Waals surface area contributed by atoms with Gasteiger partial charge in [-0.05, 0) is 67.1 Å². The van der Waals surface area contributed by atoms with Gasteiger partial charge in [-0.25, -0.2) is 28.7 Å². The standard InChI is InChI=1S/C36H35F2N9O2S/c1-3-31-39-13-7-30(43-31)33-26-17-23(5-6-29(26)44-45-33)42-35(49)36(50-2)10-16-46(21-36)20-32(48)47-14-8-22(9-15-47)24-18-28(38)25(19-27(24)37)34-40-11-4-12-41-34/h4-8,11-13,17-19H,3,9-10,14-16,20-21H2,1-2H3,(H,42,49)(H,44,45)/t36-/m0/s1. The fourth-order valence-electron chi connectivity index (χ4n) is 6.50. The zero-order chi connectivity index (χ0) is 34.8. The maximum atomic E-state index is 15.1. The Morgan fingerprint density at radius 3 is 2.58 bits per heavy atom. The van der Waals surface area contributed by atoms with E-state index in [1.54, 1.807) is 23.2 Å². The number of aryl methyl sites for hydroxylation is 1. The van der Waals surface area contributed by atoms with Crippen LogP contribution < -0.4 is 5.32 Å². The molecule has 14 heteroatoms. The van der Waals surface area contributed by atoms with E-state index in [9.17, 15) is 14.0 Å². The van der Waals surface area contributed by atoms with Gasteiger partial charge in [-0.15, -0.1) is 11.8 Å². The Morgan fingerprint density at radius 2 is 1.82 bits per heavy atom. The van der Waals surface area contributed by atoms with Gasteiger partial charge in [0.05, 0.1) is 23.3 Å². The fourth-order valence-corrected chi connectivity index (χ4v) is 7.35. The van der Waals surface area contributed by atoms with Gasteiger partial charge in [-0.2, -0.15) is 5.10 Å². The highest BCUT2D eigenvalue weighted by atomic mass is 32.2. The minimum Gasteiger partial charge on any atom is -0.338 e. The van der Waals surface area contributed by atoms with E-state index in [4.69, 9.17) is 0 Å². The van der Waals surface area contributed by atoms with Gasteiger partial charge in [-0.1, -0.05) is 13.0 Å². The molecule has 2 aliphatic rings. The Bertz CT molecular complexity index is 2110. The largest absolute Gasteiger partial charge is 0.338 e. The number of rotatable bonds is 9. The average molecular weight is 696 g/mol. The van der Waals surface area contributed by atoms with Gasteiger partial charge >= 0.3 is 0 Å². The Hall–Kier alpha value is -5.08. The third-order valence-electron chi connectivity index (χ3n) is 9.33. The SMILES string of the molecule is CCc1nccc(-c2n[nH]c3ccc(NC(=O)[C@]4(SC)CCN(CC(=O)N5CC=C(c6cc(F)c(-c7ncccn7)cc6F)CC5)C4)cc23)n1. The van der Waals surface area contributed by atoms with Crippen LogP contribution in [-0.4, -0.2) is 95.5 Å². The van der Waals surface area contributed by atoms with Gasteiger partial charge in [0.15, 0.2) is 5.82 Å². The molecule has 7 rings (SSSR count). The highest BCUT2D eigenvalue weighted by Gasteiger charge is 2.44. The summed E-state index contributed by atoms with van der Waals surface area (Å²) in [5.74, 6) is -0.528. The summed E-state index contributed by atoms with van der Waals surface area (Å²) in [7, 11) is 0. The first kappa shape index (κ1) is 33.4. The van der Waals surface area contributed by atoms with Crippen LogP contribution in [-0.2, 0) is 16.0 Å². The van der Waals surface area contributed by atoms with E-state index in [0.29, 0.717) is 61.5 Å². The second kappa shape index (κ2) is 14.0. The Labute approximate surface area is 291 Å². The lowest BCUT2D eigenvalue weighted by Crippen LogP contribution is -2.45. The highest BCUT2D eigenvalue weighted by Crippen LogP contribution is 2.36. The van der Waals surface area contributed by atoms with E-state index in [-0.39, 0.29) is 41.9 Å². The van der Waals surface area contributed by atoms with Crippen LogP contribution in [0.3, 0.4) is 0 Å². The van der Waals surface area contributed by atoms with Crippen LogP contribution in [0.4, 0.5) is 14.5 Å². The lowest BCUT2D eigenvalue weighted by molar-refractivity contribution is -0.132. The van der Waals surface area contributed by atoms with Crippen molar-refractivity contribution in [1.82, 2.24) is 39.9 Å². The second-order valence-corrected chi connectivity index (χ2v) is 13.6. The van der Waals surface area contributed by atoms with E-state index in [1.807, 2.05) is 42.3 Å². The van der Waals surface area contributed by atoms with Gasteiger partial charge in [0.2, 0.25) is 11.8 Å². The molecule has 1 fully saturated rings. The quantitative estimate of drug-likeness (QED) is 0.209. The Kier molecular flexibility index (Phi) is 9.38. The summed E-state index contributed by atoms with van der Waals surface area (Å²) in [6.07, 6.45) is 10.0. The number of fused-ring (bicyclic) bond motifs is 1. The molecule has 256 valence electrons. The van der Waals surface area contributed by atoms with Gasteiger partial charge < -0.3 is 10.2 Å². The molecule has 50 heavy (non-hydrogen) atoms. The van der Waals surface area contributed by atoms with Crippen molar-refractivity contribution in [2.75, 3.05) is 44.3 Å². The molecule has 0 aliphatic carbocycles. The van der Waals surface area contributed by atoms with Crippen LogP contribution in [0.1, 0.15) is 31.2 Å². The number of nitrogens with one attached hydrogen (secondary N) is 2. The number of anilines is 1. The Morgan fingerprint density at radius 1 is 1.02 bits per heavy atom. The molecule has 0 spiro atoms. The highest BCUT2D eigenvalue weighted by molar-refractivity contribution is 8.00. The molecule has 2 aliphatic heterocycles. The molecule has 2 amide bonds. The van der Waals surface area contributed by atoms with E-state index >= 15 is 4.39 Å². The van der Waals surface area contributed by atoms with Crippen molar-refractivity contribution in [3.05, 3.63) is 90.2 Å². The smallest absolute Gasteiger partial charge is 0.241 e. The van der Waals surface area contributed by atoms with E-state index < -0.39 is 16.4 Å². The topological polar surface area (TPSA) is 133 Å². The number of benzene rings is 2. The van der Waals surface area contributed by atoms with Crippen molar-refractivity contribution in [2.45, 2.75) is 30.9 Å². The first-order valence-electron chi connectivity index (χ1n) is 16.4. The summed E-state index contributed by atoms with van der Waals surface area (Å²) in [6, 6.07) is 11.3. The van der Waals surface area contributed by atoms with Crippen molar-refractivity contribution >= 4 is 45.7 Å². The molecule has 0 radical (unpaired) electrons. The lowest BCUT2D eigenvalue weighted by Gasteiger charge is -2.30. The number of H-pyrrole nitrogens is 1. The van der Waals surface area contributed by atoms with Gasteiger partial charge in [0.25, 0.3) is 0 Å². The number of nitrogens with zero attached hydrogens (tertiary/aromatic N) is 7. The van der Waals surface area contributed by atoms with Crippen molar-refractivity contribution in [3.63, 3.8) is 0 Å². The molecule has 5 heterocycles. The summed E-state index contributed by atoms with van der Waals surface area (Å²) < 4.78 is 29.3. The first-order valence-corrected chi connectivity index (χ1v) is 17.6. The summed E-state index contributed by atoms with van der Waals surface area (Å²) >= 11 is 1.49. The number of thioether (sulfide) groups is 1. The van der Waals surface area contributed by atoms with Crippen LogP contribution in [0, 0.1) is 11.6 Å². The van der Waals surface area contributed by atoms with Crippen LogP contribution in [0.2, 0.25) is 0 Å². The average Bonchev–Trinajstić information content (AvgIpc) is 3.77. The monoisotopic (exact) mass is 695 g/mol. The third-order valence-corrected chi connectivity index (χ3v) is 10.6. The number of aromatic amines is 1. The molecule has 5 aromatic rings. The number of likely N-dealkylation sites (tertiary alicyclic amines) is 1. The number of hydrogen-bond acceptors (Lipinski definition) is 9. The molecule has 0 saturated carbocycles. The van der Waals surface area contributed by atoms with Crippen molar-refractivity contribution in [2.24, 2.45) is 0 Å². The molecule has 1 saturated heterocycles. The summed E-state index contributed by atoms with van der Waals surface area (Å²) in [5.41, 5.74) is 3.68.